The average molecular weight is 256 g/mol. The summed E-state index contributed by atoms with van der Waals surface area (Å²) in [4.78, 5) is 12.2. The number of urea groups is 1. The number of ether oxygens (including phenoxy) is 2. The highest BCUT2D eigenvalue weighted by Crippen LogP contribution is 2.17. The highest BCUT2D eigenvalue weighted by atomic mass is 32.1. The Kier molecular flexibility index (Phi) is 5.82. The molecule has 6 heteroatoms. The maximum atomic E-state index is 11.5. The Morgan fingerprint density at radius 1 is 1.35 bits per heavy atom. The van der Waals surface area contributed by atoms with E-state index in [9.17, 15) is 4.79 Å². The number of hydrogen-bond donors (Lipinski definition) is 3. The lowest BCUT2D eigenvalue weighted by Crippen LogP contribution is -2.36. The third-order valence-electron chi connectivity index (χ3n) is 2.11. The van der Waals surface area contributed by atoms with Gasteiger partial charge in [-0.2, -0.15) is 0 Å². The van der Waals surface area contributed by atoms with Gasteiger partial charge in [0, 0.05) is 19.1 Å². The lowest BCUT2D eigenvalue weighted by atomic mass is 10.3. The van der Waals surface area contributed by atoms with Gasteiger partial charge < -0.3 is 20.1 Å². The molecule has 1 rings (SSSR count). The third kappa shape index (κ3) is 4.64. The van der Waals surface area contributed by atoms with Crippen LogP contribution in [0.2, 0.25) is 0 Å². The molecule has 0 saturated carbocycles. The van der Waals surface area contributed by atoms with Gasteiger partial charge in [0.05, 0.1) is 12.2 Å². The lowest BCUT2D eigenvalue weighted by Gasteiger charge is -2.14. The number of methoxy groups -OCH3 is 2. The van der Waals surface area contributed by atoms with Crippen LogP contribution in [0, 0.1) is 0 Å². The Labute approximate surface area is 106 Å². The summed E-state index contributed by atoms with van der Waals surface area (Å²) in [6, 6.07) is 6.91. The normalized spacial score (nSPS) is 10.4. The summed E-state index contributed by atoms with van der Waals surface area (Å²) in [5.41, 5.74) is 0.653. The zero-order valence-electron chi connectivity index (χ0n) is 9.77. The van der Waals surface area contributed by atoms with Crippen molar-refractivity contribution >= 4 is 24.3 Å². The molecule has 0 aliphatic heterocycles. The molecule has 0 atom stereocenters. The number of thiol groups is 1. The molecule has 0 radical (unpaired) electrons. The molecule has 2 N–H and O–H groups in total. The molecule has 0 fully saturated rings. The second-order valence-electron chi connectivity index (χ2n) is 3.25. The van der Waals surface area contributed by atoms with Gasteiger partial charge in [-0.05, 0) is 12.1 Å². The number of rotatable bonds is 5. The second-order valence-corrected chi connectivity index (χ2v) is 3.73. The maximum Gasteiger partial charge on any atom is 0.319 e. The quantitative estimate of drug-likeness (QED) is 0.555. The molecule has 0 bridgehead atoms. The van der Waals surface area contributed by atoms with Gasteiger partial charge in [0.2, 0.25) is 0 Å². The fourth-order valence-corrected chi connectivity index (χ4v) is 1.40. The molecule has 17 heavy (non-hydrogen) atoms. The van der Waals surface area contributed by atoms with E-state index in [1.807, 2.05) is 12.1 Å². The van der Waals surface area contributed by atoms with Crippen LogP contribution in [-0.4, -0.2) is 33.1 Å². The molecule has 0 aliphatic rings. The van der Waals surface area contributed by atoms with Crippen molar-refractivity contribution in [1.82, 2.24) is 5.32 Å². The van der Waals surface area contributed by atoms with Gasteiger partial charge >= 0.3 is 6.03 Å². The summed E-state index contributed by atoms with van der Waals surface area (Å²) >= 11 is 4.23. The number of nitrogens with one attached hydrogen (secondary N) is 2. The van der Waals surface area contributed by atoms with Crippen LogP contribution in [0.5, 0.6) is 0 Å². The molecule has 0 aromatic heterocycles. The molecular formula is C11H16N2O3S. The van der Waals surface area contributed by atoms with E-state index in [2.05, 4.69) is 23.3 Å². The Morgan fingerprint density at radius 2 is 2.00 bits per heavy atom. The van der Waals surface area contributed by atoms with E-state index in [0.29, 0.717) is 10.6 Å². The fourth-order valence-electron chi connectivity index (χ4n) is 1.18. The molecule has 94 valence electrons. The number of hydrogen-bond acceptors (Lipinski definition) is 4. The molecule has 0 heterocycles. The average Bonchev–Trinajstić information content (AvgIpc) is 2.33. The van der Waals surface area contributed by atoms with E-state index in [1.165, 1.54) is 14.2 Å². The van der Waals surface area contributed by atoms with Gasteiger partial charge in [-0.3, -0.25) is 0 Å². The van der Waals surface area contributed by atoms with Gasteiger partial charge in [-0.25, -0.2) is 4.79 Å². The van der Waals surface area contributed by atoms with Crippen molar-refractivity contribution in [2.45, 2.75) is 11.2 Å². The van der Waals surface area contributed by atoms with Crippen LogP contribution < -0.4 is 10.6 Å². The van der Waals surface area contributed by atoms with Crippen molar-refractivity contribution in [1.29, 1.82) is 0 Å². The van der Waals surface area contributed by atoms with Crippen LogP contribution in [0.1, 0.15) is 0 Å². The van der Waals surface area contributed by atoms with Crippen LogP contribution >= 0.6 is 12.6 Å². The fraction of sp³-hybridized carbons (Fsp3) is 0.364. The van der Waals surface area contributed by atoms with E-state index >= 15 is 0 Å². The van der Waals surface area contributed by atoms with Gasteiger partial charge in [-0.15, -0.1) is 12.6 Å². The summed E-state index contributed by atoms with van der Waals surface area (Å²) in [6.45, 7) is 0.271. The summed E-state index contributed by atoms with van der Waals surface area (Å²) in [6.07, 6.45) is -0.452. The van der Waals surface area contributed by atoms with Gasteiger partial charge in [-0.1, -0.05) is 12.1 Å². The van der Waals surface area contributed by atoms with Crippen molar-refractivity contribution in [3.05, 3.63) is 24.3 Å². The number of benzene rings is 1. The molecule has 0 unspecified atom stereocenters. The highest BCUT2D eigenvalue weighted by Gasteiger charge is 2.08. The second kappa shape index (κ2) is 7.16. The molecule has 2 amide bonds. The van der Waals surface area contributed by atoms with Crippen molar-refractivity contribution < 1.29 is 14.3 Å². The summed E-state index contributed by atoms with van der Waals surface area (Å²) in [7, 11) is 3.02. The van der Waals surface area contributed by atoms with Crippen LogP contribution in [-0.2, 0) is 9.47 Å². The molecule has 5 nitrogen and oxygen atoms in total. The standard InChI is InChI=1S/C11H16N2O3S/c1-15-10(16-2)7-12-11(14)13-8-5-3-4-6-9(8)17/h3-6,10,17H,7H2,1-2H3,(H2,12,13,14). The number of carbonyl (C=O) groups excluding carboxylic acids is 1. The van der Waals surface area contributed by atoms with Crippen molar-refractivity contribution in [3.8, 4) is 0 Å². The van der Waals surface area contributed by atoms with Crippen molar-refractivity contribution in [2.75, 3.05) is 26.1 Å². The van der Waals surface area contributed by atoms with E-state index in [1.54, 1.807) is 12.1 Å². The van der Waals surface area contributed by atoms with E-state index in [-0.39, 0.29) is 12.6 Å². The summed E-state index contributed by atoms with van der Waals surface area (Å²) in [5.74, 6) is 0. The number of amides is 2. The minimum Gasteiger partial charge on any atom is -0.354 e. The first-order valence-corrected chi connectivity index (χ1v) is 5.50. The minimum absolute atomic E-state index is 0.271. The highest BCUT2D eigenvalue weighted by molar-refractivity contribution is 7.80. The van der Waals surface area contributed by atoms with Crippen LogP contribution in [0.25, 0.3) is 0 Å². The SMILES string of the molecule is COC(CNC(=O)Nc1ccccc1S)OC. The number of anilines is 1. The molecule has 1 aromatic carbocycles. The molecule has 0 aliphatic carbocycles. The monoisotopic (exact) mass is 256 g/mol. The van der Waals surface area contributed by atoms with Crippen LogP contribution in [0.3, 0.4) is 0 Å². The van der Waals surface area contributed by atoms with Crippen LogP contribution in [0.4, 0.5) is 10.5 Å². The topological polar surface area (TPSA) is 59.6 Å². The van der Waals surface area contributed by atoms with Gasteiger partial charge in [0.1, 0.15) is 0 Å². The first-order valence-electron chi connectivity index (χ1n) is 5.05. The largest absolute Gasteiger partial charge is 0.354 e. The zero-order chi connectivity index (χ0) is 12.7. The smallest absolute Gasteiger partial charge is 0.319 e. The molecule has 0 spiro atoms. The summed E-state index contributed by atoms with van der Waals surface area (Å²) < 4.78 is 9.89. The summed E-state index contributed by atoms with van der Waals surface area (Å²) in [5, 5.41) is 5.30. The first kappa shape index (κ1) is 13.8. The first-order chi connectivity index (χ1) is 8.17. The van der Waals surface area contributed by atoms with E-state index < -0.39 is 6.29 Å². The molecular weight excluding hydrogens is 240 g/mol. The van der Waals surface area contributed by atoms with Crippen molar-refractivity contribution in [2.24, 2.45) is 0 Å². The Hall–Kier alpha value is -1.24. The predicted molar refractivity (Wildman–Crippen MR) is 68.5 cm³/mol. The Balaban J connectivity index is 2.42. The van der Waals surface area contributed by atoms with Gasteiger partial charge in [0.25, 0.3) is 0 Å². The van der Waals surface area contributed by atoms with Crippen molar-refractivity contribution in [3.63, 3.8) is 0 Å². The molecule has 1 aromatic rings. The third-order valence-corrected chi connectivity index (χ3v) is 2.50. The lowest BCUT2D eigenvalue weighted by molar-refractivity contribution is -0.0970. The minimum atomic E-state index is -0.452. The number of carbonyl (C=O) groups is 1. The van der Waals surface area contributed by atoms with Crippen LogP contribution in [0.15, 0.2) is 29.2 Å². The van der Waals surface area contributed by atoms with Gasteiger partial charge in [0.15, 0.2) is 6.29 Å². The molecule has 0 saturated heterocycles. The Bertz CT molecular complexity index is 369. The van der Waals surface area contributed by atoms with E-state index in [4.69, 9.17) is 9.47 Å². The predicted octanol–water partition coefficient (Wildman–Crippen LogP) is 1.72. The Morgan fingerprint density at radius 3 is 2.59 bits per heavy atom. The zero-order valence-corrected chi connectivity index (χ0v) is 10.7. The van der Waals surface area contributed by atoms with E-state index in [0.717, 1.165) is 0 Å². The maximum absolute atomic E-state index is 11.5. The number of para-hydroxylation sites is 1.